The highest BCUT2D eigenvalue weighted by molar-refractivity contribution is 9.10. The van der Waals surface area contributed by atoms with Crippen molar-refractivity contribution in [3.05, 3.63) is 93.2 Å². The van der Waals surface area contributed by atoms with Crippen LogP contribution in [0.3, 0.4) is 0 Å². The van der Waals surface area contributed by atoms with E-state index in [1.165, 1.54) is 18.2 Å². The molecule has 1 saturated heterocycles. The smallest absolute Gasteiger partial charge is 0.335 e. The molecule has 0 radical (unpaired) electrons. The minimum atomic E-state index is -0.818. The van der Waals surface area contributed by atoms with E-state index in [2.05, 4.69) is 21.2 Å². The second-order valence-electron chi connectivity index (χ2n) is 7.97. The second kappa shape index (κ2) is 10.7. The Morgan fingerprint density at radius 1 is 1.00 bits per heavy atom. The predicted octanol–water partition coefficient (Wildman–Crippen LogP) is 5.54. The number of anilines is 1. The molecule has 1 heterocycles. The maximum atomic E-state index is 13.5. The van der Waals surface area contributed by atoms with Crippen molar-refractivity contribution in [1.82, 2.24) is 5.32 Å². The lowest BCUT2D eigenvalue weighted by molar-refractivity contribution is -0.122. The van der Waals surface area contributed by atoms with Gasteiger partial charge in [0, 0.05) is 4.47 Å². The van der Waals surface area contributed by atoms with Gasteiger partial charge in [-0.2, -0.15) is 0 Å². The molecule has 1 aliphatic heterocycles. The van der Waals surface area contributed by atoms with E-state index in [1.54, 1.807) is 55.5 Å². The van der Waals surface area contributed by atoms with Crippen LogP contribution in [0.4, 0.5) is 14.9 Å². The molecular formula is C27H22BrFN2O5. The Labute approximate surface area is 215 Å². The molecule has 1 N–H and O–H groups in total. The van der Waals surface area contributed by atoms with E-state index in [-0.39, 0.29) is 18.0 Å². The fraction of sp³-hybridized carbons (Fsp3) is 0.148. The van der Waals surface area contributed by atoms with E-state index >= 15 is 0 Å². The molecule has 4 amide bonds. The average Bonchev–Trinajstić information content (AvgIpc) is 2.83. The highest BCUT2D eigenvalue weighted by Crippen LogP contribution is 2.36. The van der Waals surface area contributed by atoms with Crippen LogP contribution in [0.25, 0.3) is 6.08 Å². The number of barbiturate groups is 1. The molecule has 0 aromatic heterocycles. The van der Waals surface area contributed by atoms with Crippen LogP contribution < -0.4 is 19.7 Å². The van der Waals surface area contributed by atoms with Gasteiger partial charge in [0.2, 0.25) is 0 Å². The molecule has 184 valence electrons. The first kappa shape index (κ1) is 25.1. The van der Waals surface area contributed by atoms with Gasteiger partial charge in [-0.05, 0) is 67.4 Å². The van der Waals surface area contributed by atoms with Crippen LogP contribution in [0.1, 0.15) is 23.6 Å². The molecule has 0 saturated carbocycles. The van der Waals surface area contributed by atoms with Crippen LogP contribution in [0.2, 0.25) is 0 Å². The number of benzene rings is 3. The Morgan fingerprint density at radius 3 is 2.42 bits per heavy atom. The molecule has 3 aromatic rings. The number of urea groups is 1. The van der Waals surface area contributed by atoms with Crippen LogP contribution in [0.15, 0.2) is 70.7 Å². The molecule has 36 heavy (non-hydrogen) atoms. The number of carbonyl (C=O) groups excluding carboxylic acids is 3. The Hall–Kier alpha value is -3.98. The fourth-order valence-electron chi connectivity index (χ4n) is 3.57. The maximum absolute atomic E-state index is 13.5. The number of imide groups is 2. The van der Waals surface area contributed by atoms with Gasteiger partial charge in [0.1, 0.15) is 18.0 Å². The summed E-state index contributed by atoms with van der Waals surface area (Å²) in [5.41, 5.74) is 2.20. The summed E-state index contributed by atoms with van der Waals surface area (Å²) in [6.45, 7) is 4.14. The number of halogens is 2. The van der Waals surface area contributed by atoms with Gasteiger partial charge in [0.25, 0.3) is 11.8 Å². The summed E-state index contributed by atoms with van der Waals surface area (Å²) >= 11 is 3.45. The van der Waals surface area contributed by atoms with E-state index in [0.29, 0.717) is 39.4 Å². The number of rotatable bonds is 7. The van der Waals surface area contributed by atoms with Crippen LogP contribution >= 0.6 is 15.9 Å². The molecule has 9 heteroatoms. The lowest BCUT2D eigenvalue weighted by Gasteiger charge is -2.26. The highest BCUT2D eigenvalue weighted by Gasteiger charge is 2.37. The zero-order valence-electron chi connectivity index (χ0n) is 19.5. The number of amides is 4. The zero-order chi connectivity index (χ0) is 25.8. The standard InChI is InChI=1S/C27H22BrFN2O5/c1-3-35-23-13-18(22(28)14-24(23)36-15-17-5-4-6-19(29)11-17)12-21-25(32)30-27(34)31(26(21)33)20-9-7-16(2)8-10-20/h4-14H,3,15H2,1-2H3,(H,30,32,34)/b21-12+. The highest BCUT2D eigenvalue weighted by atomic mass is 79.9. The molecule has 1 fully saturated rings. The number of ether oxygens (including phenoxy) is 2. The van der Waals surface area contributed by atoms with Crippen LogP contribution in [-0.4, -0.2) is 24.5 Å². The van der Waals surface area contributed by atoms with Gasteiger partial charge in [0.05, 0.1) is 12.3 Å². The van der Waals surface area contributed by atoms with Crippen LogP contribution in [-0.2, 0) is 16.2 Å². The summed E-state index contributed by atoms with van der Waals surface area (Å²) < 4.78 is 25.6. The van der Waals surface area contributed by atoms with Gasteiger partial charge in [-0.15, -0.1) is 0 Å². The molecule has 3 aromatic carbocycles. The SMILES string of the molecule is CCOc1cc(/C=C2\C(=O)NC(=O)N(c3ccc(C)cc3)C2=O)c(Br)cc1OCc1cccc(F)c1. The molecule has 0 atom stereocenters. The Kier molecular flexibility index (Phi) is 7.49. The normalized spacial score (nSPS) is 14.7. The number of aryl methyl sites for hydroxylation is 1. The molecule has 0 spiro atoms. The molecule has 1 aliphatic rings. The third-order valence-electron chi connectivity index (χ3n) is 5.34. The third kappa shape index (κ3) is 5.46. The predicted molar refractivity (Wildman–Crippen MR) is 136 cm³/mol. The van der Waals surface area contributed by atoms with E-state index in [4.69, 9.17) is 9.47 Å². The van der Waals surface area contributed by atoms with Crippen LogP contribution in [0, 0.1) is 12.7 Å². The number of nitrogens with one attached hydrogen (secondary N) is 1. The summed E-state index contributed by atoms with van der Waals surface area (Å²) in [7, 11) is 0. The largest absolute Gasteiger partial charge is 0.490 e. The molecule has 0 bridgehead atoms. The van der Waals surface area contributed by atoms with Crippen molar-refractivity contribution >= 4 is 45.5 Å². The monoisotopic (exact) mass is 552 g/mol. The summed E-state index contributed by atoms with van der Waals surface area (Å²) in [4.78, 5) is 39.1. The first-order valence-electron chi connectivity index (χ1n) is 11.1. The third-order valence-corrected chi connectivity index (χ3v) is 6.03. The first-order valence-corrected chi connectivity index (χ1v) is 11.9. The minimum Gasteiger partial charge on any atom is -0.490 e. The van der Waals surface area contributed by atoms with E-state index in [0.717, 1.165) is 10.5 Å². The van der Waals surface area contributed by atoms with Crippen LogP contribution in [0.5, 0.6) is 11.5 Å². The number of carbonyl (C=O) groups is 3. The Morgan fingerprint density at radius 2 is 1.72 bits per heavy atom. The summed E-state index contributed by atoms with van der Waals surface area (Å²) in [6, 6.07) is 15.3. The molecule has 7 nitrogen and oxygen atoms in total. The van der Waals surface area contributed by atoms with Gasteiger partial charge >= 0.3 is 6.03 Å². The Bertz CT molecular complexity index is 1370. The number of hydrogen-bond acceptors (Lipinski definition) is 5. The quantitative estimate of drug-likeness (QED) is 0.307. The summed E-state index contributed by atoms with van der Waals surface area (Å²) in [5.74, 6) is -1.14. The van der Waals surface area contributed by atoms with E-state index in [1.807, 2.05) is 6.92 Å². The first-order chi connectivity index (χ1) is 17.3. The average molecular weight is 553 g/mol. The van der Waals surface area contributed by atoms with Crippen molar-refractivity contribution in [2.24, 2.45) is 0 Å². The molecular weight excluding hydrogens is 531 g/mol. The van der Waals surface area contributed by atoms with Gasteiger partial charge in [-0.25, -0.2) is 14.1 Å². The van der Waals surface area contributed by atoms with Gasteiger partial charge < -0.3 is 9.47 Å². The zero-order valence-corrected chi connectivity index (χ0v) is 21.1. The number of hydrogen-bond donors (Lipinski definition) is 1. The van der Waals surface area contributed by atoms with Gasteiger partial charge in [0.15, 0.2) is 11.5 Å². The summed E-state index contributed by atoms with van der Waals surface area (Å²) in [5, 5.41) is 2.21. The van der Waals surface area contributed by atoms with Crippen molar-refractivity contribution in [2.75, 3.05) is 11.5 Å². The van der Waals surface area contributed by atoms with E-state index < -0.39 is 17.8 Å². The van der Waals surface area contributed by atoms with E-state index in [9.17, 15) is 18.8 Å². The fourth-order valence-corrected chi connectivity index (χ4v) is 4.01. The minimum absolute atomic E-state index is 0.110. The van der Waals surface area contributed by atoms with Crippen molar-refractivity contribution in [3.8, 4) is 11.5 Å². The second-order valence-corrected chi connectivity index (χ2v) is 8.82. The molecule has 4 rings (SSSR count). The summed E-state index contributed by atoms with van der Waals surface area (Å²) in [6.07, 6.45) is 1.38. The topological polar surface area (TPSA) is 84.9 Å². The van der Waals surface area contributed by atoms with Crippen molar-refractivity contribution in [3.63, 3.8) is 0 Å². The lowest BCUT2D eigenvalue weighted by atomic mass is 10.1. The molecule has 0 aliphatic carbocycles. The van der Waals surface area contributed by atoms with Crippen molar-refractivity contribution in [1.29, 1.82) is 0 Å². The lowest BCUT2D eigenvalue weighted by Crippen LogP contribution is -2.54. The Balaban J connectivity index is 1.66. The van der Waals surface area contributed by atoms with Gasteiger partial charge in [-0.1, -0.05) is 45.8 Å². The van der Waals surface area contributed by atoms with Gasteiger partial charge in [-0.3, -0.25) is 14.9 Å². The van der Waals surface area contributed by atoms with Crippen molar-refractivity contribution < 1.29 is 28.2 Å². The van der Waals surface area contributed by atoms with Crippen molar-refractivity contribution in [2.45, 2.75) is 20.5 Å². The molecule has 0 unspecified atom stereocenters. The number of nitrogens with zero attached hydrogens (tertiary/aromatic N) is 1. The maximum Gasteiger partial charge on any atom is 0.335 e.